The van der Waals surface area contributed by atoms with Gasteiger partial charge in [-0.15, -0.1) is 11.3 Å². The van der Waals surface area contributed by atoms with Gasteiger partial charge in [-0.05, 0) is 40.8 Å². The molecular weight excluding hydrogens is 283 g/mol. The first-order valence-corrected chi connectivity index (χ1v) is 5.15. The number of fused-ring (bicyclic) bond motifs is 1. The van der Waals surface area contributed by atoms with Gasteiger partial charge in [0.15, 0.2) is 5.01 Å². The van der Waals surface area contributed by atoms with Crippen molar-refractivity contribution < 1.29 is 0 Å². The largest absolute Gasteiger partial charge is 0.226 e. The van der Waals surface area contributed by atoms with Crippen molar-refractivity contribution in [1.82, 2.24) is 4.98 Å². The molecule has 58 valence electrons. The van der Waals surface area contributed by atoms with Crippen LogP contribution in [0.1, 0.15) is 5.01 Å². The Balaban J connectivity index is 2.77. The van der Waals surface area contributed by atoms with Crippen LogP contribution in [0.15, 0.2) is 18.2 Å². The summed E-state index contributed by atoms with van der Waals surface area (Å²) in [7, 11) is 0. The van der Waals surface area contributed by atoms with E-state index in [1.54, 1.807) is 0 Å². The number of nitrogens with zero attached hydrogens (tertiary/aromatic N) is 2. The minimum absolute atomic E-state index is 0.534. The van der Waals surface area contributed by atoms with Gasteiger partial charge < -0.3 is 0 Å². The second-order valence-electron chi connectivity index (χ2n) is 2.24. The Hall–Kier alpha value is -0.670. The van der Waals surface area contributed by atoms with Crippen LogP contribution in [-0.2, 0) is 0 Å². The third-order valence-corrected chi connectivity index (χ3v) is 3.04. The molecule has 0 fully saturated rings. The van der Waals surface area contributed by atoms with Crippen LogP contribution >= 0.6 is 33.9 Å². The maximum absolute atomic E-state index is 8.60. The van der Waals surface area contributed by atoms with Gasteiger partial charge in [0.1, 0.15) is 6.07 Å². The van der Waals surface area contributed by atoms with Crippen molar-refractivity contribution in [2.75, 3.05) is 0 Å². The van der Waals surface area contributed by atoms with Gasteiger partial charge in [0.05, 0.1) is 10.2 Å². The molecular formula is C8H3IN2S. The van der Waals surface area contributed by atoms with Crippen molar-refractivity contribution in [3.63, 3.8) is 0 Å². The quantitative estimate of drug-likeness (QED) is 0.698. The van der Waals surface area contributed by atoms with Crippen molar-refractivity contribution in [3.8, 4) is 6.07 Å². The lowest BCUT2D eigenvalue weighted by molar-refractivity contribution is 1.40. The average Bonchev–Trinajstić information content (AvgIpc) is 2.46. The van der Waals surface area contributed by atoms with Crippen molar-refractivity contribution in [1.29, 1.82) is 5.26 Å². The molecule has 1 aromatic carbocycles. The lowest BCUT2D eigenvalue weighted by Gasteiger charge is -1.86. The van der Waals surface area contributed by atoms with E-state index in [4.69, 9.17) is 5.26 Å². The van der Waals surface area contributed by atoms with E-state index >= 15 is 0 Å². The molecule has 0 spiro atoms. The second kappa shape index (κ2) is 2.99. The molecule has 2 rings (SSSR count). The highest BCUT2D eigenvalue weighted by atomic mass is 127. The minimum Gasteiger partial charge on any atom is -0.226 e. The summed E-state index contributed by atoms with van der Waals surface area (Å²) in [5, 5.41) is 9.14. The van der Waals surface area contributed by atoms with Crippen molar-refractivity contribution in [2.45, 2.75) is 0 Å². The van der Waals surface area contributed by atoms with E-state index in [1.165, 1.54) is 14.9 Å². The highest BCUT2D eigenvalue weighted by Crippen LogP contribution is 2.23. The summed E-state index contributed by atoms with van der Waals surface area (Å²) < 4.78 is 2.26. The Bertz CT molecular complexity index is 469. The molecule has 2 aromatic rings. The number of benzene rings is 1. The summed E-state index contributed by atoms with van der Waals surface area (Å²) in [6.07, 6.45) is 0. The summed E-state index contributed by atoms with van der Waals surface area (Å²) in [4.78, 5) is 4.13. The van der Waals surface area contributed by atoms with Crippen LogP contribution < -0.4 is 0 Å². The third-order valence-electron chi connectivity index (χ3n) is 1.45. The monoisotopic (exact) mass is 286 g/mol. The summed E-state index contributed by atoms with van der Waals surface area (Å²) >= 11 is 3.68. The second-order valence-corrected chi connectivity index (χ2v) is 4.52. The Morgan fingerprint density at radius 2 is 2.33 bits per heavy atom. The molecule has 1 heterocycles. The van der Waals surface area contributed by atoms with E-state index in [9.17, 15) is 0 Å². The molecule has 0 saturated heterocycles. The molecule has 0 aliphatic rings. The van der Waals surface area contributed by atoms with Gasteiger partial charge >= 0.3 is 0 Å². The molecule has 0 amide bonds. The number of aromatic nitrogens is 1. The highest BCUT2D eigenvalue weighted by Gasteiger charge is 2.01. The lowest BCUT2D eigenvalue weighted by Crippen LogP contribution is -1.70. The fourth-order valence-electron chi connectivity index (χ4n) is 0.946. The van der Waals surface area contributed by atoms with Crippen LogP contribution in [0.2, 0.25) is 0 Å². The van der Waals surface area contributed by atoms with Crippen molar-refractivity contribution in [3.05, 3.63) is 26.8 Å². The van der Waals surface area contributed by atoms with Gasteiger partial charge in [0.2, 0.25) is 0 Å². The van der Waals surface area contributed by atoms with Crippen molar-refractivity contribution in [2.24, 2.45) is 0 Å². The molecule has 2 nitrogen and oxygen atoms in total. The smallest absolute Gasteiger partial charge is 0.195 e. The molecule has 0 aliphatic carbocycles. The van der Waals surface area contributed by atoms with Crippen LogP contribution in [0.3, 0.4) is 0 Å². The fourth-order valence-corrected chi connectivity index (χ4v) is 2.45. The number of hydrogen-bond acceptors (Lipinski definition) is 3. The topological polar surface area (TPSA) is 36.7 Å². The predicted molar refractivity (Wildman–Crippen MR) is 57.1 cm³/mol. The summed E-state index contributed by atoms with van der Waals surface area (Å²) in [6.45, 7) is 0. The zero-order valence-electron chi connectivity index (χ0n) is 5.91. The zero-order chi connectivity index (χ0) is 8.55. The number of rotatable bonds is 0. The van der Waals surface area contributed by atoms with E-state index in [-0.39, 0.29) is 0 Å². The predicted octanol–water partition coefficient (Wildman–Crippen LogP) is 2.77. The SMILES string of the molecule is N#Cc1nc2ccc(I)cc2s1. The Labute approximate surface area is 87.0 Å². The maximum atomic E-state index is 8.60. The Morgan fingerprint density at radius 1 is 1.50 bits per heavy atom. The van der Waals surface area contributed by atoms with Crippen LogP contribution in [-0.4, -0.2) is 4.98 Å². The number of halogens is 1. The Morgan fingerprint density at radius 3 is 3.08 bits per heavy atom. The molecule has 0 N–H and O–H groups in total. The molecule has 4 heteroatoms. The normalized spacial score (nSPS) is 10.0. The molecule has 0 atom stereocenters. The van der Waals surface area contributed by atoms with Gasteiger partial charge in [-0.2, -0.15) is 5.26 Å². The van der Waals surface area contributed by atoms with Gasteiger partial charge in [0.25, 0.3) is 0 Å². The molecule has 0 aliphatic heterocycles. The fraction of sp³-hybridized carbons (Fsp3) is 0. The van der Waals surface area contributed by atoms with Crippen LogP contribution in [0.5, 0.6) is 0 Å². The summed E-state index contributed by atoms with van der Waals surface area (Å²) in [6, 6.07) is 8.01. The van der Waals surface area contributed by atoms with Gasteiger partial charge in [-0.3, -0.25) is 0 Å². The first-order chi connectivity index (χ1) is 5.79. The zero-order valence-corrected chi connectivity index (χ0v) is 8.89. The Kier molecular flexibility index (Phi) is 1.98. The minimum atomic E-state index is 0.534. The number of hydrogen-bond donors (Lipinski definition) is 0. The van der Waals surface area contributed by atoms with Gasteiger partial charge in [0, 0.05) is 3.57 Å². The van der Waals surface area contributed by atoms with E-state index in [1.807, 2.05) is 24.3 Å². The van der Waals surface area contributed by atoms with Gasteiger partial charge in [-0.25, -0.2) is 4.98 Å². The summed E-state index contributed by atoms with van der Waals surface area (Å²) in [5.74, 6) is 0. The van der Waals surface area contributed by atoms with Gasteiger partial charge in [-0.1, -0.05) is 0 Å². The van der Waals surface area contributed by atoms with E-state index in [2.05, 4.69) is 27.6 Å². The summed E-state index contributed by atoms with van der Waals surface area (Å²) in [5.41, 5.74) is 0.914. The maximum Gasteiger partial charge on any atom is 0.195 e. The molecule has 0 radical (unpaired) electrons. The number of thiazole rings is 1. The van der Waals surface area contributed by atoms with E-state index < -0.39 is 0 Å². The van der Waals surface area contributed by atoms with Crippen LogP contribution in [0, 0.1) is 14.9 Å². The van der Waals surface area contributed by atoms with Crippen molar-refractivity contribution >= 4 is 44.1 Å². The molecule has 1 aromatic heterocycles. The number of nitriles is 1. The molecule has 0 unspecified atom stereocenters. The van der Waals surface area contributed by atoms with E-state index in [0.29, 0.717) is 5.01 Å². The third kappa shape index (κ3) is 1.30. The van der Waals surface area contributed by atoms with Crippen LogP contribution in [0.4, 0.5) is 0 Å². The standard InChI is InChI=1S/C8H3IN2S/c9-5-1-2-6-7(3-5)12-8(4-10)11-6/h1-3H. The first-order valence-electron chi connectivity index (χ1n) is 3.26. The molecule has 0 saturated carbocycles. The molecule has 12 heavy (non-hydrogen) atoms. The first kappa shape index (κ1) is 7.95. The average molecular weight is 286 g/mol. The lowest BCUT2D eigenvalue weighted by atomic mass is 10.3. The van der Waals surface area contributed by atoms with E-state index in [0.717, 1.165) is 10.2 Å². The van der Waals surface area contributed by atoms with Crippen LogP contribution in [0.25, 0.3) is 10.2 Å². The highest BCUT2D eigenvalue weighted by molar-refractivity contribution is 14.1. The molecule has 0 bridgehead atoms.